The molecule has 0 bridgehead atoms. The Bertz CT molecular complexity index is 339. The number of carbonyl (C=O) groups is 1. The molecule has 0 saturated carbocycles. The van der Waals surface area contributed by atoms with E-state index in [9.17, 15) is 4.79 Å². The fourth-order valence-corrected chi connectivity index (χ4v) is 1.23. The van der Waals surface area contributed by atoms with Gasteiger partial charge in [-0.3, -0.25) is 0 Å². The summed E-state index contributed by atoms with van der Waals surface area (Å²) in [5.74, 6) is 0. The van der Waals surface area contributed by atoms with Crippen LogP contribution in [0.25, 0.3) is 0 Å². The molecule has 4 heteroatoms. The minimum absolute atomic E-state index is 0.333. The van der Waals surface area contributed by atoms with Crippen molar-refractivity contribution in [1.29, 1.82) is 0 Å². The van der Waals surface area contributed by atoms with Crippen LogP contribution in [0.2, 0.25) is 0 Å². The first-order valence-electron chi connectivity index (χ1n) is 4.86. The maximum Gasteiger partial charge on any atom is 0.409 e. The smallest absolute Gasteiger partial charge is 0.409 e. The van der Waals surface area contributed by atoms with E-state index in [0.29, 0.717) is 18.8 Å². The Hall–Kier alpha value is -1.71. The lowest BCUT2D eigenvalue weighted by Gasteiger charge is -2.17. The number of hydrogen-bond acceptors (Lipinski definition) is 3. The lowest BCUT2D eigenvalue weighted by molar-refractivity contribution is 0.114. The number of nitrogens with zero attached hydrogens (tertiary/aromatic N) is 1. The molecule has 0 saturated heterocycles. The van der Waals surface area contributed by atoms with E-state index in [1.807, 2.05) is 24.3 Å². The molecular formula is C11H16N2O2. The molecule has 0 atom stereocenters. The SMILES string of the molecule is CCOC(=O)N(C)Cc1ccccc1N. The molecule has 1 rings (SSSR count). The van der Waals surface area contributed by atoms with Gasteiger partial charge in [0.25, 0.3) is 0 Å². The summed E-state index contributed by atoms with van der Waals surface area (Å²) in [4.78, 5) is 12.8. The number of ether oxygens (including phenoxy) is 1. The Balaban J connectivity index is 2.62. The molecule has 0 aliphatic carbocycles. The van der Waals surface area contributed by atoms with Crippen molar-refractivity contribution in [3.05, 3.63) is 29.8 Å². The minimum Gasteiger partial charge on any atom is -0.450 e. The highest BCUT2D eigenvalue weighted by molar-refractivity contribution is 5.67. The van der Waals surface area contributed by atoms with E-state index < -0.39 is 0 Å². The van der Waals surface area contributed by atoms with Crippen LogP contribution in [-0.4, -0.2) is 24.6 Å². The van der Waals surface area contributed by atoms with Crippen LogP contribution in [0.1, 0.15) is 12.5 Å². The Labute approximate surface area is 89.6 Å². The molecular weight excluding hydrogens is 192 g/mol. The van der Waals surface area contributed by atoms with Crippen LogP contribution in [0.4, 0.5) is 10.5 Å². The number of carbonyl (C=O) groups excluding carboxylic acids is 1. The molecule has 1 amide bonds. The molecule has 0 fully saturated rings. The minimum atomic E-state index is -0.333. The number of hydrogen-bond donors (Lipinski definition) is 1. The monoisotopic (exact) mass is 208 g/mol. The van der Waals surface area contributed by atoms with E-state index in [-0.39, 0.29) is 6.09 Å². The highest BCUT2D eigenvalue weighted by Gasteiger charge is 2.10. The number of rotatable bonds is 3. The van der Waals surface area contributed by atoms with Crippen molar-refractivity contribution in [3.63, 3.8) is 0 Å². The molecule has 2 N–H and O–H groups in total. The highest BCUT2D eigenvalue weighted by Crippen LogP contribution is 2.12. The number of amides is 1. The van der Waals surface area contributed by atoms with Crippen LogP contribution in [-0.2, 0) is 11.3 Å². The largest absolute Gasteiger partial charge is 0.450 e. The summed E-state index contributed by atoms with van der Waals surface area (Å²) in [6.07, 6.45) is -0.333. The summed E-state index contributed by atoms with van der Waals surface area (Å²) in [6.45, 7) is 2.63. The van der Waals surface area contributed by atoms with Crippen LogP contribution in [0.5, 0.6) is 0 Å². The van der Waals surface area contributed by atoms with Gasteiger partial charge in [-0.05, 0) is 18.6 Å². The van der Waals surface area contributed by atoms with E-state index in [4.69, 9.17) is 10.5 Å². The summed E-state index contributed by atoms with van der Waals surface area (Å²) < 4.78 is 4.86. The van der Waals surface area contributed by atoms with Crippen LogP contribution < -0.4 is 5.73 Å². The highest BCUT2D eigenvalue weighted by atomic mass is 16.5. The zero-order valence-electron chi connectivity index (χ0n) is 9.06. The third kappa shape index (κ3) is 3.16. The van der Waals surface area contributed by atoms with E-state index in [1.165, 1.54) is 4.90 Å². The average Bonchev–Trinajstić information content (AvgIpc) is 2.21. The number of nitrogen functional groups attached to an aromatic ring is 1. The molecule has 0 unspecified atom stereocenters. The predicted molar refractivity (Wildman–Crippen MR) is 59.3 cm³/mol. The second-order valence-electron chi connectivity index (χ2n) is 3.25. The molecule has 1 aromatic rings. The normalized spacial score (nSPS) is 9.73. The first-order valence-corrected chi connectivity index (χ1v) is 4.86. The van der Waals surface area contributed by atoms with Crippen molar-refractivity contribution in [2.75, 3.05) is 19.4 Å². The zero-order valence-corrected chi connectivity index (χ0v) is 9.06. The van der Waals surface area contributed by atoms with Crippen molar-refractivity contribution in [1.82, 2.24) is 4.90 Å². The topological polar surface area (TPSA) is 55.6 Å². The van der Waals surface area contributed by atoms with E-state index >= 15 is 0 Å². The van der Waals surface area contributed by atoms with Crippen molar-refractivity contribution in [2.45, 2.75) is 13.5 Å². The molecule has 15 heavy (non-hydrogen) atoms. The van der Waals surface area contributed by atoms with Gasteiger partial charge in [0.15, 0.2) is 0 Å². The summed E-state index contributed by atoms with van der Waals surface area (Å²) in [7, 11) is 1.68. The van der Waals surface area contributed by atoms with Gasteiger partial charge in [-0.15, -0.1) is 0 Å². The van der Waals surface area contributed by atoms with Crippen LogP contribution in [0, 0.1) is 0 Å². The van der Waals surface area contributed by atoms with Crippen LogP contribution >= 0.6 is 0 Å². The van der Waals surface area contributed by atoms with Gasteiger partial charge in [-0.25, -0.2) is 4.79 Å². The van der Waals surface area contributed by atoms with Gasteiger partial charge in [0.05, 0.1) is 13.2 Å². The zero-order chi connectivity index (χ0) is 11.3. The summed E-state index contributed by atoms with van der Waals surface area (Å²) in [5, 5.41) is 0. The summed E-state index contributed by atoms with van der Waals surface area (Å²) in [6, 6.07) is 7.47. The summed E-state index contributed by atoms with van der Waals surface area (Å²) >= 11 is 0. The number of benzene rings is 1. The molecule has 4 nitrogen and oxygen atoms in total. The fraction of sp³-hybridized carbons (Fsp3) is 0.364. The van der Waals surface area contributed by atoms with E-state index in [1.54, 1.807) is 14.0 Å². The maximum absolute atomic E-state index is 11.3. The maximum atomic E-state index is 11.3. The van der Waals surface area contributed by atoms with Gasteiger partial charge < -0.3 is 15.4 Å². The first kappa shape index (κ1) is 11.4. The predicted octanol–water partition coefficient (Wildman–Crippen LogP) is 1.86. The lowest BCUT2D eigenvalue weighted by atomic mass is 10.2. The number of nitrogens with two attached hydrogens (primary N) is 1. The lowest BCUT2D eigenvalue weighted by Crippen LogP contribution is -2.27. The van der Waals surface area contributed by atoms with Gasteiger partial charge in [0, 0.05) is 12.7 Å². The molecule has 0 aromatic heterocycles. The number of anilines is 1. The van der Waals surface area contributed by atoms with Crippen molar-refractivity contribution < 1.29 is 9.53 Å². The van der Waals surface area contributed by atoms with E-state index in [2.05, 4.69) is 0 Å². The fourth-order valence-electron chi connectivity index (χ4n) is 1.23. The third-order valence-electron chi connectivity index (χ3n) is 2.04. The van der Waals surface area contributed by atoms with Crippen molar-refractivity contribution in [2.24, 2.45) is 0 Å². The van der Waals surface area contributed by atoms with Gasteiger partial charge in [-0.2, -0.15) is 0 Å². The van der Waals surface area contributed by atoms with Gasteiger partial charge >= 0.3 is 6.09 Å². The average molecular weight is 208 g/mol. The third-order valence-corrected chi connectivity index (χ3v) is 2.04. The molecule has 0 spiro atoms. The quantitative estimate of drug-likeness (QED) is 0.771. The van der Waals surface area contributed by atoms with Crippen molar-refractivity contribution in [3.8, 4) is 0 Å². The Morgan fingerprint density at radius 2 is 2.13 bits per heavy atom. The van der Waals surface area contributed by atoms with Crippen LogP contribution in [0.3, 0.4) is 0 Å². The summed E-state index contributed by atoms with van der Waals surface area (Å²) in [5.41, 5.74) is 7.38. The Morgan fingerprint density at radius 3 is 2.73 bits per heavy atom. The second-order valence-corrected chi connectivity index (χ2v) is 3.25. The van der Waals surface area contributed by atoms with E-state index in [0.717, 1.165) is 5.56 Å². The number of para-hydroxylation sites is 1. The Morgan fingerprint density at radius 1 is 1.47 bits per heavy atom. The van der Waals surface area contributed by atoms with Gasteiger partial charge in [0.1, 0.15) is 0 Å². The Kier molecular flexibility index (Phi) is 3.97. The molecule has 0 aliphatic heterocycles. The van der Waals surface area contributed by atoms with Gasteiger partial charge in [-0.1, -0.05) is 18.2 Å². The molecule has 0 heterocycles. The van der Waals surface area contributed by atoms with Gasteiger partial charge in [0.2, 0.25) is 0 Å². The first-order chi connectivity index (χ1) is 7.15. The second kappa shape index (κ2) is 5.24. The molecule has 0 aliphatic rings. The van der Waals surface area contributed by atoms with Crippen LogP contribution in [0.15, 0.2) is 24.3 Å². The molecule has 82 valence electrons. The van der Waals surface area contributed by atoms with Crippen molar-refractivity contribution >= 4 is 11.8 Å². The molecule has 1 aromatic carbocycles. The standard InChI is InChI=1S/C11H16N2O2/c1-3-15-11(14)13(2)8-9-6-4-5-7-10(9)12/h4-7H,3,8,12H2,1-2H3. The molecule has 0 radical (unpaired) electrons.